The number of alkyl halides is 12. The SMILES string of the molecule is O=S(=O)(N(c1cccc(N(S(=O)(=O)C(F)(F)F)S(=O)(=O)C(F)(F)F)n1)S(=O)(=O)C(F)(F)F)C(F)(F)F. The summed E-state index contributed by atoms with van der Waals surface area (Å²) in [6.07, 6.45) is 0. The number of hydrogen-bond acceptors (Lipinski definition) is 9. The van der Waals surface area contributed by atoms with E-state index in [1.54, 1.807) is 0 Å². The van der Waals surface area contributed by atoms with Gasteiger partial charge >= 0.3 is 62.1 Å². The van der Waals surface area contributed by atoms with Crippen LogP contribution in [0.15, 0.2) is 18.2 Å². The van der Waals surface area contributed by atoms with Crippen LogP contribution in [0.4, 0.5) is 64.3 Å². The highest BCUT2D eigenvalue weighted by molar-refractivity contribution is 8.11. The van der Waals surface area contributed by atoms with E-state index in [4.69, 9.17) is 0 Å². The quantitative estimate of drug-likeness (QED) is 0.427. The molecule has 0 atom stereocenters. The zero-order valence-corrected chi connectivity index (χ0v) is 18.8. The van der Waals surface area contributed by atoms with E-state index >= 15 is 0 Å². The first-order valence-corrected chi connectivity index (χ1v) is 13.0. The lowest BCUT2D eigenvalue weighted by Crippen LogP contribution is -2.51. The number of sulfonamides is 4. The van der Waals surface area contributed by atoms with E-state index in [1.165, 1.54) is 0 Å². The molecule has 0 N–H and O–H groups in total. The van der Waals surface area contributed by atoms with E-state index in [0.717, 1.165) is 0 Å². The fraction of sp³-hybridized carbons (Fsp3) is 0.444. The molecule has 1 rings (SSSR count). The number of nitrogens with zero attached hydrogens (tertiary/aromatic N) is 3. The molecule has 36 heavy (non-hydrogen) atoms. The Labute approximate surface area is 191 Å². The maximum absolute atomic E-state index is 12.8. The van der Waals surface area contributed by atoms with Gasteiger partial charge in [-0.3, -0.25) is 0 Å². The molecule has 1 aromatic rings. The zero-order valence-electron chi connectivity index (χ0n) is 15.5. The van der Waals surface area contributed by atoms with Crippen LogP contribution >= 0.6 is 0 Å². The van der Waals surface area contributed by atoms with Gasteiger partial charge in [0.25, 0.3) is 0 Å². The summed E-state index contributed by atoms with van der Waals surface area (Å²) in [6.45, 7) is 0. The van der Waals surface area contributed by atoms with Gasteiger partial charge < -0.3 is 0 Å². The largest absolute Gasteiger partial charge is 0.517 e. The molecule has 0 aliphatic heterocycles. The molecule has 0 radical (unpaired) electrons. The Balaban J connectivity index is 4.26. The third-order valence-corrected chi connectivity index (χ3v) is 10.3. The highest BCUT2D eigenvalue weighted by Gasteiger charge is 2.64. The second-order valence-electron chi connectivity index (χ2n) is 5.55. The first-order valence-electron chi connectivity index (χ1n) is 7.29. The topological polar surface area (TPSA) is 156 Å². The van der Waals surface area contributed by atoms with Crippen molar-refractivity contribution in [3.63, 3.8) is 0 Å². The molecule has 0 bridgehead atoms. The lowest BCUT2D eigenvalue weighted by Gasteiger charge is -2.27. The molecule has 1 aromatic heterocycles. The summed E-state index contributed by atoms with van der Waals surface area (Å²) in [4.78, 5) is 2.03. The summed E-state index contributed by atoms with van der Waals surface area (Å²) >= 11 is 0. The summed E-state index contributed by atoms with van der Waals surface area (Å²) in [5, 5.41) is 0. The first kappa shape index (κ1) is 31.7. The smallest absolute Gasteiger partial charge is 0.210 e. The number of rotatable bonds is 6. The van der Waals surface area contributed by atoms with Crippen LogP contribution in [0.3, 0.4) is 0 Å². The van der Waals surface area contributed by atoms with Crippen LogP contribution in [-0.4, -0.2) is 60.7 Å². The van der Waals surface area contributed by atoms with Crippen molar-refractivity contribution >= 4 is 51.7 Å². The van der Waals surface area contributed by atoms with Gasteiger partial charge in [0.1, 0.15) is 0 Å². The third kappa shape index (κ3) is 5.22. The fourth-order valence-corrected chi connectivity index (χ4v) is 6.97. The average Bonchev–Trinajstić information content (AvgIpc) is 2.57. The predicted molar refractivity (Wildman–Crippen MR) is 89.1 cm³/mol. The molecule has 1 heterocycles. The molecule has 0 aromatic carbocycles. The molecular formula is C9H3F12N3O8S4. The minimum absolute atomic E-state index is 0.312. The van der Waals surface area contributed by atoms with E-state index < -0.39 is 93.3 Å². The van der Waals surface area contributed by atoms with Gasteiger partial charge in [0, 0.05) is 0 Å². The van der Waals surface area contributed by atoms with Gasteiger partial charge in [0.05, 0.1) is 0 Å². The van der Waals surface area contributed by atoms with Crippen molar-refractivity contribution in [2.75, 3.05) is 7.42 Å². The molecule has 0 spiro atoms. The van der Waals surface area contributed by atoms with Crippen molar-refractivity contribution < 1.29 is 86.4 Å². The summed E-state index contributed by atoms with van der Waals surface area (Å²) in [5.41, 5.74) is -27.8. The predicted octanol–water partition coefficient (Wildman–Crippen LogP) is 2.09. The molecule has 0 aliphatic rings. The Kier molecular flexibility index (Phi) is 7.61. The van der Waals surface area contributed by atoms with Crippen LogP contribution in [0.2, 0.25) is 0 Å². The van der Waals surface area contributed by atoms with Crippen molar-refractivity contribution in [2.45, 2.75) is 22.0 Å². The molecule has 0 saturated carbocycles. The van der Waals surface area contributed by atoms with E-state index in [-0.39, 0.29) is 6.07 Å². The summed E-state index contributed by atoms with van der Waals surface area (Å²) < 4.78 is 241. The molecular weight excluding hydrogens is 634 g/mol. The minimum Gasteiger partial charge on any atom is -0.210 e. The van der Waals surface area contributed by atoms with Gasteiger partial charge in [-0.15, -0.1) is 7.42 Å². The van der Waals surface area contributed by atoms with Crippen LogP contribution in [0, 0.1) is 0 Å². The standard InChI is InChI=1S/C9H3F12N3O8S4/c10-6(11,12)33(25,26)23(34(27,28)7(13,14)15)4-2-1-3-5(22-4)24(35(29,30)8(16,17)18)36(31,32)9(19,20)21/h1-3H. The van der Waals surface area contributed by atoms with Crippen LogP contribution in [0.5, 0.6) is 0 Å². The number of aromatic nitrogens is 1. The Morgan fingerprint density at radius 1 is 0.472 bits per heavy atom. The Bertz CT molecular complexity index is 1250. The molecule has 0 aliphatic carbocycles. The monoisotopic (exact) mass is 637 g/mol. The molecule has 0 saturated heterocycles. The van der Waals surface area contributed by atoms with Gasteiger partial charge in [-0.2, -0.15) is 86.4 Å². The highest BCUT2D eigenvalue weighted by Crippen LogP contribution is 2.41. The Hall–Kier alpha value is -2.29. The molecule has 27 heteroatoms. The minimum atomic E-state index is -7.80. The van der Waals surface area contributed by atoms with Crippen LogP contribution < -0.4 is 7.42 Å². The van der Waals surface area contributed by atoms with Crippen LogP contribution in [0.1, 0.15) is 0 Å². The lowest BCUT2D eigenvalue weighted by atomic mass is 10.4. The molecule has 210 valence electrons. The highest BCUT2D eigenvalue weighted by atomic mass is 32.3. The second kappa shape index (κ2) is 8.64. The summed E-state index contributed by atoms with van der Waals surface area (Å²) in [7, 11) is -31.2. The van der Waals surface area contributed by atoms with Gasteiger partial charge in [-0.25, -0.2) is 4.98 Å². The van der Waals surface area contributed by atoms with E-state index in [9.17, 15) is 86.4 Å². The number of anilines is 2. The van der Waals surface area contributed by atoms with Crippen LogP contribution in [-0.2, 0) is 40.1 Å². The maximum Gasteiger partial charge on any atom is 0.517 e. The molecule has 0 unspecified atom stereocenters. The van der Waals surface area contributed by atoms with Crippen molar-refractivity contribution in [3.8, 4) is 0 Å². The number of hydrogen-bond donors (Lipinski definition) is 0. The summed E-state index contributed by atoms with van der Waals surface area (Å²) in [5.74, 6) is -5.66. The van der Waals surface area contributed by atoms with Crippen molar-refractivity contribution in [1.82, 2.24) is 4.98 Å². The third-order valence-electron chi connectivity index (χ3n) is 3.14. The van der Waals surface area contributed by atoms with E-state index in [1.807, 2.05) is 4.98 Å². The van der Waals surface area contributed by atoms with E-state index in [0.29, 0.717) is 0 Å². The number of pyridine rings is 1. The zero-order chi connectivity index (χ0) is 29.1. The number of halogens is 12. The van der Waals surface area contributed by atoms with Crippen LogP contribution in [0.25, 0.3) is 0 Å². The Morgan fingerprint density at radius 2 is 0.667 bits per heavy atom. The second-order valence-corrected chi connectivity index (χ2v) is 13.1. The van der Waals surface area contributed by atoms with Gasteiger partial charge in [-0.1, -0.05) is 6.07 Å². The Morgan fingerprint density at radius 3 is 0.833 bits per heavy atom. The molecule has 0 fully saturated rings. The van der Waals surface area contributed by atoms with Gasteiger partial charge in [0.2, 0.25) is 0 Å². The van der Waals surface area contributed by atoms with E-state index in [2.05, 4.69) is 0 Å². The van der Waals surface area contributed by atoms with Gasteiger partial charge in [0.15, 0.2) is 11.6 Å². The van der Waals surface area contributed by atoms with Gasteiger partial charge in [-0.05, 0) is 12.1 Å². The normalized spacial score (nSPS) is 15.0. The van der Waals surface area contributed by atoms with Crippen molar-refractivity contribution in [2.24, 2.45) is 0 Å². The maximum atomic E-state index is 12.8. The fourth-order valence-electron chi connectivity index (χ4n) is 1.74. The first-order chi connectivity index (χ1) is 15.5. The average molecular weight is 637 g/mol. The van der Waals surface area contributed by atoms with Crippen molar-refractivity contribution in [3.05, 3.63) is 18.2 Å². The van der Waals surface area contributed by atoms with Crippen molar-refractivity contribution in [1.29, 1.82) is 0 Å². The summed E-state index contributed by atoms with van der Waals surface area (Å²) in [6, 6.07) is -1.30. The molecule has 0 amide bonds. The molecule has 11 nitrogen and oxygen atoms in total. The lowest BCUT2D eigenvalue weighted by molar-refractivity contribution is -0.0473.